The number of phenolic OH excluding ortho intramolecular Hbond substituents is 1. The first kappa shape index (κ1) is 20.2. The van der Waals surface area contributed by atoms with E-state index in [0.717, 1.165) is 5.56 Å². The van der Waals surface area contributed by atoms with E-state index in [1.165, 1.54) is 12.1 Å². The van der Waals surface area contributed by atoms with Crippen molar-refractivity contribution in [2.24, 2.45) is 17.3 Å². The number of rotatable bonds is 10. The number of nitrogens with two attached hydrogens (primary N) is 3. The van der Waals surface area contributed by atoms with Crippen LogP contribution in [0.2, 0.25) is 0 Å². The van der Waals surface area contributed by atoms with Crippen LogP contribution >= 0.6 is 0 Å². The molecule has 1 aromatic rings. The predicted molar refractivity (Wildman–Crippen MR) is 93.2 cm³/mol. The number of guanidine groups is 1. The first-order chi connectivity index (χ1) is 11.8. The fraction of sp³-hybridized carbons (Fsp3) is 0.400. The molecule has 10 nitrogen and oxygen atoms in total. The third kappa shape index (κ3) is 7.50. The van der Waals surface area contributed by atoms with Gasteiger partial charge in [-0.2, -0.15) is 0 Å². The number of hydrazine groups is 1. The van der Waals surface area contributed by atoms with E-state index in [4.69, 9.17) is 22.7 Å². The summed E-state index contributed by atoms with van der Waals surface area (Å²) in [5.74, 6) is 4.23. The van der Waals surface area contributed by atoms with Crippen LogP contribution in [0.4, 0.5) is 0 Å². The van der Waals surface area contributed by atoms with Crippen molar-refractivity contribution >= 4 is 17.8 Å². The van der Waals surface area contributed by atoms with E-state index in [1.54, 1.807) is 12.1 Å². The van der Waals surface area contributed by atoms with Crippen LogP contribution in [0.3, 0.4) is 0 Å². The Morgan fingerprint density at radius 3 is 2.32 bits per heavy atom. The Kier molecular flexibility index (Phi) is 8.16. The molecule has 0 aromatic heterocycles. The van der Waals surface area contributed by atoms with E-state index >= 15 is 0 Å². The van der Waals surface area contributed by atoms with Crippen LogP contribution in [-0.4, -0.2) is 41.5 Å². The van der Waals surface area contributed by atoms with Gasteiger partial charge in [-0.25, -0.2) is 5.43 Å². The zero-order valence-electron chi connectivity index (χ0n) is 13.8. The molecule has 2 atom stereocenters. The Morgan fingerprint density at radius 2 is 1.80 bits per heavy atom. The van der Waals surface area contributed by atoms with Crippen molar-refractivity contribution in [3.8, 4) is 5.75 Å². The number of hydrogen-bond donors (Lipinski definition) is 8. The maximum absolute atomic E-state index is 12.3. The molecule has 0 heterocycles. The second-order valence-electron chi connectivity index (χ2n) is 5.54. The SMILES string of the molecule is N=C(N)NCCC[C@H](NN)C(=O)N[C@@H](Cc1ccc(O)cc1)C(N)=O. The molecule has 0 unspecified atom stereocenters. The summed E-state index contributed by atoms with van der Waals surface area (Å²) >= 11 is 0. The van der Waals surface area contributed by atoms with Crippen molar-refractivity contribution in [2.75, 3.05) is 6.54 Å². The highest BCUT2D eigenvalue weighted by Gasteiger charge is 2.23. The Hall–Kier alpha value is -2.85. The lowest BCUT2D eigenvalue weighted by Crippen LogP contribution is -2.54. The molecule has 1 aromatic carbocycles. The van der Waals surface area contributed by atoms with Crippen LogP contribution in [0.15, 0.2) is 24.3 Å². The number of aromatic hydroxyl groups is 1. The molecule has 0 radical (unpaired) electrons. The Bertz CT molecular complexity index is 591. The van der Waals surface area contributed by atoms with Crippen molar-refractivity contribution in [3.05, 3.63) is 29.8 Å². The van der Waals surface area contributed by atoms with Crippen molar-refractivity contribution < 1.29 is 14.7 Å². The topological polar surface area (TPSA) is 192 Å². The molecule has 0 bridgehead atoms. The van der Waals surface area contributed by atoms with E-state index in [9.17, 15) is 14.7 Å². The van der Waals surface area contributed by atoms with Crippen LogP contribution in [-0.2, 0) is 16.0 Å². The normalized spacial score (nSPS) is 12.8. The highest BCUT2D eigenvalue weighted by atomic mass is 16.3. The predicted octanol–water partition coefficient (Wildman–Crippen LogP) is -2.00. The quantitative estimate of drug-likeness (QED) is 0.0785. The summed E-state index contributed by atoms with van der Waals surface area (Å²) in [6.45, 7) is 0.424. The molecular formula is C15H25N7O3. The third-order valence-electron chi connectivity index (χ3n) is 3.54. The van der Waals surface area contributed by atoms with Gasteiger partial charge < -0.3 is 27.2 Å². The van der Waals surface area contributed by atoms with Gasteiger partial charge in [-0.1, -0.05) is 12.1 Å². The van der Waals surface area contributed by atoms with Gasteiger partial charge in [0.15, 0.2) is 5.96 Å². The zero-order chi connectivity index (χ0) is 18.8. The first-order valence-electron chi connectivity index (χ1n) is 7.75. The third-order valence-corrected chi connectivity index (χ3v) is 3.54. The molecule has 25 heavy (non-hydrogen) atoms. The average molecular weight is 351 g/mol. The largest absolute Gasteiger partial charge is 0.508 e. The van der Waals surface area contributed by atoms with Crippen LogP contribution in [0.1, 0.15) is 18.4 Å². The summed E-state index contributed by atoms with van der Waals surface area (Å²) < 4.78 is 0. The maximum atomic E-state index is 12.3. The molecule has 0 fully saturated rings. The number of carbonyl (C=O) groups is 2. The molecular weight excluding hydrogens is 326 g/mol. The lowest BCUT2D eigenvalue weighted by molar-refractivity contribution is -0.128. The molecule has 0 aliphatic heterocycles. The second kappa shape index (κ2) is 10.1. The number of phenols is 1. The molecule has 2 amide bonds. The monoisotopic (exact) mass is 351 g/mol. The Balaban J connectivity index is 2.59. The van der Waals surface area contributed by atoms with Crippen molar-refractivity contribution in [3.63, 3.8) is 0 Å². The molecule has 0 saturated carbocycles. The summed E-state index contributed by atoms with van der Waals surface area (Å²) in [6.07, 6.45) is 1.12. The minimum Gasteiger partial charge on any atom is -0.508 e. The van der Waals surface area contributed by atoms with Gasteiger partial charge >= 0.3 is 0 Å². The van der Waals surface area contributed by atoms with Gasteiger partial charge in [-0.3, -0.25) is 20.8 Å². The molecule has 0 spiro atoms. The van der Waals surface area contributed by atoms with E-state index in [-0.39, 0.29) is 18.1 Å². The van der Waals surface area contributed by atoms with Crippen LogP contribution < -0.4 is 33.4 Å². The summed E-state index contributed by atoms with van der Waals surface area (Å²) in [5, 5.41) is 21.5. The first-order valence-corrected chi connectivity index (χ1v) is 7.75. The summed E-state index contributed by atoms with van der Waals surface area (Å²) in [4.78, 5) is 23.9. The lowest BCUT2D eigenvalue weighted by atomic mass is 10.0. The Morgan fingerprint density at radius 1 is 1.16 bits per heavy atom. The van der Waals surface area contributed by atoms with Crippen LogP contribution in [0, 0.1) is 5.41 Å². The summed E-state index contributed by atoms with van der Waals surface area (Å²) in [6, 6.07) is 4.65. The second-order valence-corrected chi connectivity index (χ2v) is 5.54. The minimum absolute atomic E-state index is 0.106. The van der Waals surface area contributed by atoms with Crippen LogP contribution in [0.5, 0.6) is 5.75 Å². The highest BCUT2D eigenvalue weighted by molar-refractivity contribution is 5.89. The molecule has 1 rings (SSSR count). The van der Waals surface area contributed by atoms with E-state index in [2.05, 4.69) is 16.1 Å². The van der Waals surface area contributed by atoms with E-state index in [1.807, 2.05) is 0 Å². The molecule has 11 N–H and O–H groups in total. The van der Waals surface area contributed by atoms with Gasteiger partial charge in [0.1, 0.15) is 11.8 Å². The standard InChI is InChI=1S/C15H25N7O3/c16-13(24)12(8-9-3-5-10(23)6-4-9)21-14(25)11(22-19)2-1-7-20-15(17)18/h3-6,11-12,22-23H,1-2,7-8,19H2,(H2,16,24)(H,21,25)(H4,17,18,20)/t11-,12-/m0/s1. The highest BCUT2D eigenvalue weighted by Crippen LogP contribution is 2.11. The lowest BCUT2D eigenvalue weighted by Gasteiger charge is -2.20. The molecule has 0 aliphatic carbocycles. The van der Waals surface area contributed by atoms with Crippen molar-refractivity contribution in [1.82, 2.24) is 16.1 Å². The van der Waals surface area contributed by atoms with E-state index < -0.39 is 23.9 Å². The number of hydrogen-bond acceptors (Lipinski definition) is 6. The number of benzene rings is 1. The number of primary amides is 1. The fourth-order valence-electron chi connectivity index (χ4n) is 2.18. The number of amides is 2. The molecule has 10 heteroatoms. The van der Waals surface area contributed by atoms with Gasteiger partial charge in [-0.15, -0.1) is 0 Å². The van der Waals surface area contributed by atoms with Crippen LogP contribution in [0.25, 0.3) is 0 Å². The van der Waals surface area contributed by atoms with Gasteiger partial charge in [-0.05, 0) is 30.5 Å². The minimum atomic E-state index is -0.900. The van der Waals surface area contributed by atoms with Gasteiger partial charge in [0.25, 0.3) is 0 Å². The molecule has 0 saturated heterocycles. The van der Waals surface area contributed by atoms with Gasteiger partial charge in [0.05, 0.1) is 6.04 Å². The average Bonchev–Trinajstić information content (AvgIpc) is 2.55. The molecule has 0 aliphatic rings. The number of nitrogens with one attached hydrogen (secondary N) is 4. The number of carbonyl (C=O) groups excluding carboxylic acids is 2. The Labute approximate surface area is 145 Å². The van der Waals surface area contributed by atoms with Gasteiger partial charge in [0, 0.05) is 13.0 Å². The van der Waals surface area contributed by atoms with Crippen molar-refractivity contribution in [2.45, 2.75) is 31.3 Å². The molecule has 138 valence electrons. The zero-order valence-corrected chi connectivity index (χ0v) is 13.8. The maximum Gasteiger partial charge on any atom is 0.240 e. The summed E-state index contributed by atoms with van der Waals surface area (Å²) in [7, 11) is 0. The fourth-order valence-corrected chi connectivity index (χ4v) is 2.18. The van der Waals surface area contributed by atoms with E-state index in [0.29, 0.717) is 19.4 Å². The summed E-state index contributed by atoms with van der Waals surface area (Å²) in [5.41, 5.74) is 13.7. The van der Waals surface area contributed by atoms with Gasteiger partial charge in [0.2, 0.25) is 11.8 Å². The van der Waals surface area contributed by atoms with Crippen molar-refractivity contribution in [1.29, 1.82) is 5.41 Å². The smallest absolute Gasteiger partial charge is 0.240 e.